The van der Waals surface area contributed by atoms with E-state index in [-0.39, 0.29) is 5.69 Å². The van der Waals surface area contributed by atoms with Crippen LogP contribution in [-0.4, -0.2) is 31.6 Å². The summed E-state index contributed by atoms with van der Waals surface area (Å²) in [7, 11) is 0. The number of hydrazine groups is 1. The number of nitrogens with two attached hydrogens (primary N) is 1. The largest absolute Gasteiger partial charge is 0.350 e. The second-order valence-corrected chi connectivity index (χ2v) is 5.55. The molecule has 0 aliphatic heterocycles. The summed E-state index contributed by atoms with van der Waals surface area (Å²) in [5.74, 6) is 5.42. The Morgan fingerprint density at radius 3 is 3.10 bits per heavy atom. The third-order valence-electron chi connectivity index (χ3n) is 2.99. The number of fused-ring (bicyclic) bond motifs is 1. The lowest BCUT2D eigenvalue weighted by molar-refractivity contribution is 0.0948. The molecule has 0 bridgehead atoms. The fourth-order valence-electron chi connectivity index (χ4n) is 1.96. The summed E-state index contributed by atoms with van der Waals surface area (Å²) < 4.78 is 1.63. The molecule has 0 saturated carbocycles. The van der Waals surface area contributed by atoms with Crippen LogP contribution in [0.15, 0.2) is 41.6 Å². The van der Waals surface area contributed by atoms with Gasteiger partial charge in [0.05, 0.1) is 17.8 Å². The lowest BCUT2D eigenvalue weighted by Crippen LogP contribution is -2.30. The van der Waals surface area contributed by atoms with Gasteiger partial charge in [-0.25, -0.2) is 5.84 Å². The molecule has 8 heteroatoms. The van der Waals surface area contributed by atoms with Crippen molar-refractivity contribution in [3.8, 4) is 0 Å². The highest BCUT2D eigenvalue weighted by molar-refractivity contribution is 7.99. The number of rotatable bonds is 5. The Bertz CT molecular complexity index is 732. The molecule has 0 unspecified atom stereocenters. The number of aromatic nitrogens is 4. The topological polar surface area (TPSA) is 102 Å². The van der Waals surface area contributed by atoms with E-state index in [4.69, 9.17) is 5.84 Å². The van der Waals surface area contributed by atoms with Gasteiger partial charge in [-0.05, 0) is 12.1 Å². The van der Waals surface area contributed by atoms with Crippen LogP contribution in [0.25, 0.3) is 10.9 Å². The van der Waals surface area contributed by atoms with E-state index in [1.807, 2.05) is 17.6 Å². The second-order valence-electron chi connectivity index (χ2n) is 4.41. The number of aromatic amines is 1. The van der Waals surface area contributed by atoms with Crippen molar-refractivity contribution in [3.05, 3.63) is 42.2 Å². The number of benzene rings is 1. The molecule has 1 amide bonds. The molecular weight excluding hydrogens is 288 g/mol. The van der Waals surface area contributed by atoms with E-state index in [0.29, 0.717) is 6.54 Å². The van der Waals surface area contributed by atoms with E-state index < -0.39 is 5.91 Å². The molecule has 0 atom stereocenters. The number of thioether (sulfide) groups is 1. The van der Waals surface area contributed by atoms with Crippen LogP contribution in [0.2, 0.25) is 0 Å². The quantitative estimate of drug-likeness (QED) is 0.284. The van der Waals surface area contributed by atoms with E-state index in [0.717, 1.165) is 16.3 Å². The molecule has 3 rings (SSSR count). The maximum atomic E-state index is 11.3. The highest BCUT2D eigenvalue weighted by atomic mass is 32.2. The van der Waals surface area contributed by atoms with Gasteiger partial charge < -0.3 is 4.98 Å². The van der Waals surface area contributed by atoms with Crippen molar-refractivity contribution in [2.24, 2.45) is 5.84 Å². The van der Waals surface area contributed by atoms with E-state index in [2.05, 4.69) is 33.5 Å². The molecule has 0 fully saturated rings. The number of para-hydroxylation sites is 1. The molecule has 108 valence electrons. The molecule has 7 nitrogen and oxygen atoms in total. The van der Waals surface area contributed by atoms with Crippen molar-refractivity contribution in [3.63, 3.8) is 0 Å². The molecule has 3 aromatic rings. The second kappa shape index (κ2) is 5.98. The van der Waals surface area contributed by atoms with Crippen LogP contribution in [0.1, 0.15) is 10.5 Å². The number of nitrogens with zero attached hydrogens (tertiary/aromatic N) is 3. The van der Waals surface area contributed by atoms with Gasteiger partial charge in [-0.1, -0.05) is 23.4 Å². The minimum absolute atomic E-state index is 0.216. The Hall–Kier alpha value is -2.32. The van der Waals surface area contributed by atoms with Gasteiger partial charge in [-0.15, -0.1) is 16.9 Å². The number of hydrogen-bond donors (Lipinski definition) is 3. The first-order chi connectivity index (χ1) is 10.3. The van der Waals surface area contributed by atoms with Crippen molar-refractivity contribution in [1.29, 1.82) is 0 Å². The molecule has 21 heavy (non-hydrogen) atoms. The average Bonchev–Trinajstić information content (AvgIpc) is 3.12. The molecule has 0 aliphatic rings. The number of nitrogen functional groups attached to an aromatic ring is 1. The minimum atomic E-state index is -0.440. The molecule has 1 aromatic carbocycles. The van der Waals surface area contributed by atoms with Gasteiger partial charge in [0.25, 0.3) is 5.91 Å². The summed E-state index contributed by atoms with van der Waals surface area (Å²) in [6, 6.07) is 10.3. The normalized spacial score (nSPS) is 10.9. The predicted molar refractivity (Wildman–Crippen MR) is 80.7 cm³/mol. The van der Waals surface area contributed by atoms with Crippen molar-refractivity contribution in [2.45, 2.75) is 11.6 Å². The average molecular weight is 302 g/mol. The maximum Gasteiger partial charge on any atom is 0.287 e. The van der Waals surface area contributed by atoms with Crippen LogP contribution in [0, 0.1) is 0 Å². The smallest absolute Gasteiger partial charge is 0.287 e. The number of amides is 1. The third kappa shape index (κ3) is 3.06. The fourth-order valence-corrected chi connectivity index (χ4v) is 2.85. The third-order valence-corrected chi connectivity index (χ3v) is 3.90. The summed E-state index contributed by atoms with van der Waals surface area (Å²) in [5.41, 5.74) is 3.37. The van der Waals surface area contributed by atoms with E-state index in [1.165, 1.54) is 5.39 Å². The Morgan fingerprint density at radius 2 is 2.29 bits per heavy atom. The molecule has 4 N–H and O–H groups in total. The standard InChI is InChI=1S/C13H14N6OS/c14-16-13(20)11-8-19(18-17-11)5-6-21-12-7-9-3-1-2-4-10(9)15-12/h1-4,7-8,15H,5-6,14H2,(H,16,20). The van der Waals surface area contributed by atoms with Gasteiger partial charge in [0.1, 0.15) is 0 Å². The highest BCUT2D eigenvalue weighted by Crippen LogP contribution is 2.23. The summed E-state index contributed by atoms with van der Waals surface area (Å²) in [4.78, 5) is 14.6. The zero-order valence-electron chi connectivity index (χ0n) is 11.1. The lowest BCUT2D eigenvalue weighted by Gasteiger charge is -1.98. The van der Waals surface area contributed by atoms with Gasteiger partial charge >= 0.3 is 0 Å². The molecule has 0 saturated heterocycles. The molecule has 2 aromatic heterocycles. The van der Waals surface area contributed by atoms with E-state index in [9.17, 15) is 4.79 Å². The summed E-state index contributed by atoms with van der Waals surface area (Å²) in [6.45, 7) is 0.658. The summed E-state index contributed by atoms with van der Waals surface area (Å²) in [5, 5.41) is 9.94. The molecular formula is C13H14N6OS. The number of hydrogen-bond acceptors (Lipinski definition) is 5. The minimum Gasteiger partial charge on any atom is -0.350 e. The van der Waals surface area contributed by atoms with Gasteiger partial charge in [-0.3, -0.25) is 14.9 Å². The highest BCUT2D eigenvalue weighted by Gasteiger charge is 2.08. The van der Waals surface area contributed by atoms with Gasteiger partial charge in [0.2, 0.25) is 0 Å². The Kier molecular flexibility index (Phi) is 3.89. The molecule has 2 heterocycles. The Balaban J connectivity index is 1.58. The number of nitrogens with one attached hydrogen (secondary N) is 2. The fraction of sp³-hybridized carbons (Fsp3) is 0.154. The first-order valence-corrected chi connectivity index (χ1v) is 7.36. The molecule has 0 spiro atoms. The first kappa shape index (κ1) is 13.7. The summed E-state index contributed by atoms with van der Waals surface area (Å²) >= 11 is 1.69. The molecule has 0 radical (unpaired) electrons. The van der Waals surface area contributed by atoms with Crippen LogP contribution in [-0.2, 0) is 6.54 Å². The van der Waals surface area contributed by atoms with E-state index in [1.54, 1.807) is 22.6 Å². The lowest BCUT2D eigenvalue weighted by atomic mass is 10.3. The van der Waals surface area contributed by atoms with Crippen molar-refractivity contribution >= 4 is 28.6 Å². The zero-order chi connectivity index (χ0) is 14.7. The van der Waals surface area contributed by atoms with Crippen molar-refractivity contribution in [1.82, 2.24) is 25.4 Å². The Morgan fingerprint density at radius 1 is 1.43 bits per heavy atom. The molecule has 0 aliphatic carbocycles. The first-order valence-electron chi connectivity index (χ1n) is 6.38. The van der Waals surface area contributed by atoms with Gasteiger partial charge in [0.15, 0.2) is 5.69 Å². The van der Waals surface area contributed by atoms with Crippen LogP contribution in [0.3, 0.4) is 0 Å². The maximum absolute atomic E-state index is 11.3. The van der Waals surface area contributed by atoms with Gasteiger partial charge in [0, 0.05) is 16.7 Å². The Labute approximate surface area is 124 Å². The predicted octanol–water partition coefficient (Wildman–Crippen LogP) is 1.16. The number of H-pyrrole nitrogens is 1. The monoisotopic (exact) mass is 302 g/mol. The summed E-state index contributed by atoms with van der Waals surface area (Å²) in [6.07, 6.45) is 1.58. The van der Waals surface area contributed by atoms with Crippen LogP contribution >= 0.6 is 11.8 Å². The van der Waals surface area contributed by atoms with Crippen LogP contribution in [0.5, 0.6) is 0 Å². The van der Waals surface area contributed by atoms with Crippen LogP contribution in [0.4, 0.5) is 0 Å². The van der Waals surface area contributed by atoms with Crippen molar-refractivity contribution < 1.29 is 4.79 Å². The van der Waals surface area contributed by atoms with E-state index >= 15 is 0 Å². The SMILES string of the molecule is NNC(=O)c1cn(CCSc2cc3ccccc3[nH]2)nn1. The zero-order valence-corrected chi connectivity index (χ0v) is 11.9. The number of carbonyl (C=O) groups excluding carboxylic acids is 1. The van der Waals surface area contributed by atoms with Crippen molar-refractivity contribution in [2.75, 3.05) is 5.75 Å². The number of aryl methyl sites for hydroxylation is 1. The van der Waals surface area contributed by atoms with Gasteiger partial charge in [-0.2, -0.15) is 0 Å². The van der Waals surface area contributed by atoms with Crippen LogP contribution < -0.4 is 11.3 Å². The number of carbonyl (C=O) groups is 1.